The van der Waals surface area contributed by atoms with Crippen molar-refractivity contribution in [2.24, 2.45) is 5.73 Å². The third-order valence-corrected chi connectivity index (χ3v) is 3.97. The molecule has 1 rings (SSSR count). The molecule has 17 heavy (non-hydrogen) atoms. The molecule has 3 heteroatoms. The Morgan fingerprint density at radius 2 is 2.18 bits per heavy atom. The Balaban J connectivity index is 2.34. The van der Waals surface area contributed by atoms with Crippen LogP contribution in [0.4, 0.5) is 0 Å². The maximum absolute atomic E-state index is 5.91. The number of nitrogens with one attached hydrogen (secondary N) is 1. The van der Waals surface area contributed by atoms with E-state index in [0.29, 0.717) is 6.54 Å². The molecule has 2 unspecified atom stereocenters. The maximum Gasteiger partial charge on any atom is 0.0779 e. The van der Waals surface area contributed by atoms with E-state index in [9.17, 15) is 0 Å². The average Bonchev–Trinajstić information content (AvgIpc) is 2.75. The number of hydrogen-bond acceptors (Lipinski definition) is 3. The lowest BCUT2D eigenvalue weighted by molar-refractivity contribution is 0.0146. The highest BCUT2D eigenvalue weighted by atomic mass is 16.5. The highest BCUT2D eigenvalue weighted by Gasteiger charge is 2.32. The zero-order valence-corrected chi connectivity index (χ0v) is 11.8. The van der Waals surface area contributed by atoms with Gasteiger partial charge in [0, 0.05) is 25.2 Å². The average molecular weight is 242 g/mol. The predicted octanol–water partition coefficient (Wildman–Crippen LogP) is 2.44. The van der Waals surface area contributed by atoms with Gasteiger partial charge in [-0.3, -0.25) is 0 Å². The molecule has 0 radical (unpaired) electrons. The zero-order chi connectivity index (χ0) is 12.8. The number of hydrogen-bond donors (Lipinski definition) is 2. The summed E-state index contributed by atoms with van der Waals surface area (Å²) in [6.07, 6.45) is 7.33. The molecule has 1 heterocycles. The van der Waals surface area contributed by atoms with Crippen LogP contribution in [0.3, 0.4) is 0 Å². The Morgan fingerprint density at radius 3 is 2.71 bits per heavy atom. The van der Waals surface area contributed by atoms with Crippen LogP contribution in [-0.2, 0) is 4.74 Å². The summed E-state index contributed by atoms with van der Waals surface area (Å²) >= 11 is 0. The minimum Gasteiger partial charge on any atom is -0.374 e. The molecule has 0 spiro atoms. The van der Waals surface area contributed by atoms with E-state index in [-0.39, 0.29) is 11.1 Å². The fourth-order valence-electron chi connectivity index (χ4n) is 2.40. The van der Waals surface area contributed by atoms with Crippen molar-refractivity contribution in [2.45, 2.75) is 70.4 Å². The first-order chi connectivity index (χ1) is 8.04. The van der Waals surface area contributed by atoms with Crippen LogP contribution in [0.15, 0.2) is 0 Å². The Hall–Kier alpha value is -0.120. The molecule has 0 saturated carbocycles. The van der Waals surface area contributed by atoms with Crippen molar-refractivity contribution in [2.75, 3.05) is 19.7 Å². The molecule has 0 aliphatic carbocycles. The molecule has 3 N–H and O–H groups in total. The van der Waals surface area contributed by atoms with Crippen LogP contribution in [0.5, 0.6) is 0 Å². The maximum atomic E-state index is 5.91. The van der Waals surface area contributed by atoms with Crippen LogP contribution in [0.2, 0.25) is 0 Å². The molecule has 1 aliphatic heterocycles. The number of rotatable bonds is 8. The molecule has 102 valence electrons. The second-order valence-electron chi connectivity index (χ2n) is 5.98. The van der Waals surface area contributed by atoms with E-state index in [4.69, 9.17) is 10.5 Å². The number of ether oxygens (including phenoxy) is 1. The van der Waals surface area contributed by atoms with Gasteiger partial charge in [0.25, 0.3) is 0 Å². The van der Waals surface area contributed by atoms with Gasteiger partial charge in [-0.05, 0) is 33.1 Å². The standard InChI is InChI=1S/C14H30N2O/c1-4-5-6-8-13(2,11-15)16-12-14(3)9-7-10-17-14/h16H,4-12,15H2,1-3H3. The zero-order valence-electron chi connectivity index (χ0n) is 11.8. The van der Waals surface area contributed by atoms with Gasteiger partial charge in [-0.25, -0.2) is 0 Å². The van der Waals surface area contributed by atoms with E-state index in [1.165, 1.54) is 25.7 Å². The lowest BCUT2D eigenvalue weighted by Crippen LogP contribution is -2.53. The Bertz CT molecular complexity index is 214. The molecule has 0 aromatic heterocycles. The number of unbranched alkanes of at least 4 members (excludes halogenated alkanes) is 2. The van der Waals surface area contributed by atoms with E-state index in [1.54, 1.807) is 0 Å². The third kappa shape index (κ3) is 4.94. The molecule has 0 aromatic carbocycles. The lowest BCUT2D eigenvalue weighted by atomic mass is 9.92. The number of nitrogens with two attached hydrogens (primary N) is 1. The van der Waals surface area contributed by atoms with Gasteiger partial charge in [-0.1, -0.05) is 26.2 Å². The second-order valence-corrected chi connectivity index (χ2v) is 5.98. The minimum absolute atomic E-state index is 0.0290. The van der Waals surface area contributed by atoms with Gasteiger partial charge in [-0.15, -0.1) is 0 Å². The van der Waals surface area contributed by atoms with E-state index < -0.39 is 0 Å². The molecule has 0 bridgehead atoms. The molecule has 2 atom stereocenters. The van der Waals surface area contributed by atoms with Gasteiger partial charge in [0.2, 0.25) is 0 Å². The van der Waals surface area contributed by atoms with Crippen molar-refractivity contribution in [3.05, 3.63) is 0 Å². The quantitative estimate of drug-likeness (QED) is 0.643. The van der Waals surface area contributed by atoms with Crippen LogP contribution in [-0.4, -0.2) is 30.8 Å². The molecule has 1 saturated heterocycles. The summed E-state index contributed by atoms with van der Waals surface area (Å²) in [4.78, 5) is 0. The normalized spacial score (nSPS) is 28.2. The summed E-state index contributed by atoms with van der Waals surface area (Å²) < 4.78 is 5.80. The first-order valence-corrected chi connectivity index (χ1v) is 7.13. The topological polar surface area (TPSA) is 47.3 Å². The van der Waals surface area contributed by atoms with Crippen molar-refractivity contribution in [3.63, 3.8) is 0 Å². The molecule has 0 amide bonds. The van der Waals surface area contributed by atoms with Gasteiger partial charge in [0.15, 0.2) is 0 Å². The van der Waals surface area contributed by atoms with Gasteiger partial charge in [0.05, 0.1) is 5.60 Å². The van der Waals surface area contributed by atoms with Crippen LogP contribution in [0, 0.1) is 0 Å². The van der Waals surface area contributed by atoms with Crippen LogP contribution >= 0.6 is 0 Å². The van der Waals surface area contributed by atoms with Gasteiger partial charge < -0.3 is 15.8 Å². The molecular weight excluding hydrogens is 212 g/mol. The molecule has 1 aliphatic rings. The SMILES string of the molecule is CCCCCC(C)(CN)NCC1(C)CCCO1. The smallest absolute Gasteiger partial charge is 0.0779 e. The summed E-state index contributed by atoms with van der Waals surface area (Å²) in [7, 11) is 0. The molecule has 0 aromatic rings. The highest BCUT2D eigenvalue weighted by Crippen LogP contribution is 2.25. The summed E-state index contributed by atoms with van der Waals surface area (Å²) in [5, 5.41) is 3.64. The van der Waals surface area contributed by atoms with Crippen LogP contribution < -0.4 is 11.1 Å². The summed E-state index contributed by atoms with van der Waals surface area (Å²) in [6.45, 7) is 9.21. The van der Waals surface area contributed by atoms with E-state index in [0.717, 1.165) is 26.0 Å². The van der Waals surface area contributed by atoms with Crippen molar-refractivity contribution in [3.8, 4) is 0 Å². The van der Waals surface area contributed by atoms with Gasteiger partial charge >= 0.3 is 0 Å². The molecule has 1 fully saturated rings. The van der Waals surface area contributed by atoms with Gasteiger partial charge in [0.1, 0.15) is 0 Å². The summed E-state index contributed by atoms with van der Waals surface area (Å²) in [6, 6.07) is 0. The summed E-state index contributed by atoms with van der Waals surface area (Å²) in [5.41, 5.74) is 6.02. The van der Waals surface area contributed by atoms with E-state index >= 15 is 0 Å². The molecule has 3 nitrogen and oxygen atoms in total. The minimum atomic E-state index is 0.0290. The Kier molecular flexibility index (Phi) is 5.90. The highest BCUT2D eigenvalue weighted by molar-refractivity contribution is 4.90. The molecular formula is C14H30N2O. The van der Waals surface area contributed by atoms with Crippen molar-refractivity contribution in [1.82, 2.24) is 5.32 Å². The Labute approximate surface area is 106 Å². The van der Waals surface area contributed by atoms with Crippen LogP contribution in [0.1, 0.15) is 59.3 Å². The first kappa shape index (κ1) is 14.9. The van der Waals surface area contributed by atoms with Crippen molar-refractivity contribution in [1.29, 1.82) is 0 Å². The fourth-order valence-corrected chi connectivity index (χ4v) is 2.40. The third-order valence-electron chi connectivity index (χ3n) is 3.97. The fraction of sp³-hybridized carbons (Fsp3) is 1.00. The van der Waals surface area contributed by atoms with E-state index in [2.05, 4.69) is 26.1 Å². The van der Waals surface area contributed by atoms with Crippen LogP contribution in [0.25, 0.3) is 0 Å². The van der Waals surface area contributed by atoms with Crippen molar-refractivity contribution < 1.29 is 4.74 Å². The van der Waals surface area contributed by atoms with Crippen molar-refractivity contribution >= 4 is 0 Å². The largest absolute Gasteiger partial charge is 0.374 e. The van der Waals surface area contributed by atoms with Gasteiger partial charge in [-0.2, -0.15) is 0 Å². The monoisotopic (exact) mass is 242 g/mol. The lowest BCUT2D eigenvalue weighted by Gasteiger charge is -2.34. The second kappa shape index (κ2) is 6.72. The van der Waals surface area contributed by atoms with E-state index in [1.807, 2.05) is 0 Å². The first-order valence-electron chi connectivity index (χ1n) is 7.13. The predicted molar refractivity (Wildman–Crippen MR) is 73.2 cm³/mol. The Morgan fingerprint density at radius 1 is 1.41 bits per heavy atom. The summed E-state index contributed by atoms with van der Waals surface area (Å²) in [5.74, 6) is 0.